The number of halogens is 3. The molecule has 1 N–H and O–H groups in total. The van der Waals surface area contributed by atoms with Crippen molar-refractivity contribution in [1.29, 1.82) is 0 Å². The van der Waals surface area contributed by atoms with Crippen molar-refractivity contribution in [3.8, 4) is 0 Å². The number of carbonyl (C=O) groups excluding carboxylic acids is 2. The Bertz CT molecular complexity index is 1170. The molecule has 0 saturated carbocycles. The van der Waals surface area contributed by atoms with E-state index in [0.29, 0.717) is 0 Å². The van der Waals surface area contributed by atoms with Gasteiger partial charge < -0.3 is 5.32 Å². The smallest absolute Gasteiger partial charge is 0.345 e. The third-order valence-electron chi connectivity index (χ3n) is 5.21. The summed E-state index contributed by atoms with van der Waals surface area (Å²) in [6, 6.07) is 7.09. The van der Waals surface area contributed by atoms with Crippen molar-refractivity contribution in [1.82, 2.24) is 9.62 Å². The van der Waals surface area contributed by atoms with Crippen molar-refractivity contribution in [3.05, 3.63) is 64.7 Å². The molecule has 32 heavy (non-hydrogen) atoms. The summed E-state index contributed by atoms with van der Waals surface area (Å²) in [5.41, 5.74) is -0.583. The number of benzene rings is 2. The summed E-state index contributed by atoms with van der Waals surface area (Å²) in [5.74, 6) is -1.57. The van der Waals surface area contributed by atoms with Gasteiger partial charge in [-0.1, -0.05) is 26.0 Å². The van der Waals surface area contributed by atoms with Crippen LogP contribution >= 0.6 is 0 Å². The Balaban J connectivity index is 1.94. The molecule has 2 amide bonds. The van der Waals surface area contributed by atoms with E-state index in [-0.39, 0.29) is 27.5 Å². The van der Waals surface area contributed by atoms with E-state index in [0.717, 1.165) is 22.5 Å². The highest BCUT2D eigenvalue weighted by molar-refractivity contribution is 7.90. The maximum absolute atomic E-state index is 13.1. The fourth-order valence-corrected chi connectivity index (χ4v) is 5.46. The van der Waals surface area contributed by atoms with Gasteiger partial charge in [0.15, 0.2) is 0 Å². The van der Waals surface area contributed by atoms with Crippen LogP contribution in [0.3, 0.4) is 0 Å². The van der Waals surface area contributed by atoms with E-state index in [2.05, 4.69) is 5.32 Å². The highest BCUT2D eigenvalue weighted by Gasteiger charge is 2.43. The quantitative estimate of drug-likeness (QED) is 0.706. The first-order valence-electron chi connectivity index (χ1n) is 9.96. The van der Waals surface area contributed by atoms with Crippen LogP contribution in [0.15, 0.2) is 47.4 Å². The summed E-state index contributed by atoms with van der Waals surface area (Å²) in [7, 11) is -4.09. The zero-order valence-electron chi connectivity index (χ0n) is 17.9. The molecule has 1 atom stereocenters. The minimum atomic E-state index is -4.52. The average Bonchev–Trinajstić information content (AvgIpc) is 2.90. The van der Waals surface area contributed by atoms with Gasteiger partial charge in [-0.2, -0.15) is 13.2 Å². The number of amides is 2. The van der Waals surface area contributed by atoms with Crippen molar-refractivity contribution in [2.24, 2.45) is 5.92 Å². The fourth-order valence-electron chi connectivity index (χ4n) is 3.67. The van der Waals surface area contributed by atoms with Gasteiger partial charge in [-0.05, 0) is 55.7 Å². The van der Waals surface area contributed by atoms with Crippen molar-refractivity contribution in [2.75, 3.05) is 0 Å². The first-order chi connectivity index (χ1) is 14.7. The molecule has 1 unspecified atom stereocenters. The Morgan fingerprint density at radius 3 is 2.25 bits per heavy atom. The van der Waals surface area contributed by atoms with Crippen molar-refractivity contribution in [3.63, 3.8) is 0 Å². The van der Waals surface area contributed by atoms with Crippen LogP contribution < -0.4 is 5.32 Å². The molecule has 6 nitrogen and oxygen atoms in total. The Labute approximate surface area is 184 Å². The van der Waals surface area contributed by atoms with Gasteiger partial charge in [0, 0.05) is 11.6 Å². The zero-order valence-corrected chi connectivity index (χ0v) is 18.7. The molecule has 0 aliphatic carbocycles. The lowest BCUT2D eigenvalue weighted by atomic mass is 9.94. The van der Waals surface area contributed by atoms with Crippen molar-refractivity contribution in [2.45, 2.75) is 50.9 Å². The predicted octanol–water partition coefficient (Wildman–Crippen LogP) is 4.39. The Morgan fingerprint density at radius 1 is 1.03 bits per heavy atom. The zero-order chi connectivity index (χ0) is 24.0. The second kappa shape index (κ2) is 8.23. The second-order valence-electron chi connectivity index (χ2n) is 8.23. The summed E-state index contributed by atoms with van der Waals surface area (Å²) in [6.45, 7) is 6.63. The molecule has 1 aliphatic rings. The molecule has 0 fully saturated rings. The highest BCUT2D eigenvalue weighted by atomic mass is 32.2. The first kappa shape index (κ1) is 23.8. The third-order valence-corrected chi connectivity index (χ3v) is 7.21. The number of hydrogen-bond donors (Lipinski definition) is 1. The van der Waals surface area contributed by atoms with Crippen LogP contribution in [-0.4, -0.2) is 30.6 Å². The van der Waals surface area contributed by atoms with Crippen LogP contribution in [0, 0.1) is 5.92 Å². The van der Waals surface area contributed by atoms with E-state index in [1.807, 2.05) is 0 Å². The van der Waals surface area contributed by atoms with Gasteiger partial charge >= 0.3 is 6.18 Å². The maximum atomic E-state index is 13.1. The summed E-state index contributed by atoms with van der Waals surface area (Å²) >= 11 is 0. The molecule has 10 heteroatoms. The maximum Gasteiger partial charge on any atom is 0.416 e. The van der Waals surface area contributed by atoms with Gasteiger partial charge in [-0.25, -0.2) is 12.7 Å². The van der Waals surface area contributed by atoms with Crippen LogP contribution in [0.25, 0.3) is 0 Å². The lowest BCUT2D eigenvalue weighted by Gasteiger charge is -2.24. The topological polar surface area (TPSA) is 83.6 Å². The van der Waals surface area contributed by atoms with Gasteiger partial charge in [0.05, 0.1) is 17.2 Å². The molecule has 172 valence electrons. The number of rotatable bonds is 5. The number of hydrogen-bond acceptors (Lipinski definition) is 4. The lowest BCUT2D eigenvalue weighted by molar-refractivity contribution is -0.137. The fraction of sp³-hybridized carbons (Fsp3) is 0.364. The molecule has 2 aromatic carbocycles. The Kier molecular flexibility index (Phi) is 6.12. The highest BCUT2D eigenvalue weighted by Crippen LogP contribution is 2.34. The van der Waals surface area contributed by atoms with Gasteiger partial charge in [0.1, 0.15) is 4.90 Å². The summed E-state index contributed by atoms with van der Waals surface area (Å²) in [6.07, 6.45) is -4.52. The Morgan fingerprint density at radius 2 is 1.69 bits per heavy atom. The molecule has 0 aromatic heterocycles. The van der Waals surface area contributed by atoms with E-state index in [1.165, 1.54) is 24.3 Å². The summed E-state index contributed by atoms with van der Waals surface area (Å²) in [5, 5.41) is 2.69. The van der Waals surface area contributed by atoms with E-state index in [9.17, 15) is 31.2 Å². The monoisotopic (exact) mass is 468 g/mol. The molecule has 0 saturated heterocycles. The average molecular weight is 468 g/mol. The number of fused-ring (bicyclic) bond motifs is 1. The minimum absolute atomic E-state index is 0.0108. The number of alkyl halides is 3. The number of carbonyl (C=O) groups is 2. The largest absolute Gasteiger partial charge is 0.416 e. The van der Waals surface area contributed by atoms with E-state index in [1.54, 1.807) is 27.7 Å². The molecule has 3 rings (SSSR count). The van der Waals surface area contributed by atoms with Crippen molar-refractivity contribution < 1.29 is 31.2 Å². The first-order valence-corrected chi connectivity index (χ1v) is 11.4. The van der Waals surface area contributed by atoms with E-state index >= 15 is 0 Å². The summed E-state index contributed by atoms with van der Waals surface area (Å²) in [4.78, 5) is 25.1. The third kappa shape index (κ3) is 4.23. The van der Waals surface area contributed by atoms with Crippen LogP contribution in [0.1, 0.15) is 65.6 Å². The minimum Gasteiger partial charge on any atom is -0.345 e. The predicted molar refractivity (Wildman–Crippen MR) is 111 cm³/mol. The standard InChI is InChI=1S/C22H23F3N2O4S/c1-12(2)19(14-6-5-7-16(10-14)22(23,24)25)26-20(28)15-8-9-17-18(11-15)32(30,31)27(13(3)4)21(17)29/h5-13,19H,1-4H3,(H,26,28). The van der Waals surface area contributed by atoms with Gasteiger partial charge in [-0.3, -0.25) is 9.59 Å². The normalized spacial score (nSPS) is 16.4. The second-order valence-corrected chi connectivity index (χ2v) is 10.0. The van der Waals surface area contributed by atoms with Crippen LogP contribution in [0.5, 0.6) is 0 Å². The number of nitrogens with zero attached hydrogens (tertiary/aromatic N) is 1. The van der Waals surface area contributed by atoms with Crippen LogP contribution in [-0.2, 0) is 16.2 Å². The van der Waals surface area contributed by atoms with Crippen LogP contribution in [0.2, 0.25) is 0 Å². The van der Waals surface area contributed by atoms with E-state index < -0.39 is 45.7 Å². The summed E-state index contributed by atoms with van der Waals surface area (Å²) < 4.78 is 65.6. The SMILES string of the molecule is CC(C)C(NC(=O)c1ccc2c(c1)S(=O)(=O)N(C(C)C)C2=O)c1cccc(C(F)(F)F)c1. The molecular weight excluding hydrogens is 445 g/mol. The molecule has 2 aromatic rings. The number of sulfonamides is 1. The van der Waals surface area contributed by atoms with Gasteiger partial charge in [0.2, 0.25) is 0 Å². The molecule has 1 aliphatic heterocycles. The van der Waals surface area contributed by atoms with Gasteiger partial charge in [0.25, 0.3) is 21.8 Å². The molecule has 1 heterocycles. The van der Waals surface area contributed by atoms with E-state index in [4.69, 9.17) is 0 Å². The molecule has 0 bridgehead atoms. The number of nitrogens with one attached hydrogen (secondary N) is 1. The van der Waals surface area contributed by atoms with Crippen molar-refractivity contribution >= 4 is 21.8 Å². The molecule has 0 spiro atoms. The molecule has 0 radical (unpaired) electrons. The lowest BCUT2D eigenvalue weighted by Crippen LogP contribution is -2.36. The Hall–Kier alpha value is -2.88. The van der Waals surface area contributed by atoms with Crippen LogP contribution in [0.4, 0.5) is 13.2 Å². The molecular formula is C22H23F3N2O4S. The van der Waals surface area contributed by atoms with Gasteiger partial charge in [-0.15, -0.1) is 0 Å².